The van der Waals surface area contributed by atoms with E-state index >= 15 is 0 Å². The van der Waals surface area contributed by atoms with Crippen LogP contribution >= 0.6 is 0 Å². The molecule has 1 aliphatic heterocycles. The molecule has 41 heavy (non-hydrogen) atoms. The quantitative estimate of drug-likeness (QED) is 0.327. The Kier molecular flexibility index (Phi) is 6.28. The number of phenolic OH excluding ortho intramolecular Hbond substituents is 1. The van der Waals surface area contributed by atoms with Crippen molar-refractivity contribution in [2.75, 3.05) is 26.3 Å². The number of amides is 1. The van der Waals surface area contributed by atoms with Crippen molar-refractivity contribution in [2.45, 2.75) is 44.2 Å². The highest BCUT2D eigenvalue weighted by atomic mass is 16.5. The first-order chi connectivity index (χ1) is 19.5. The minimum absolute atomic E-state index is 0.0128. The molecule has 216 valence electrons. The van der Waals surface area contributed by atoms with E-state index in [0.29, 0.717) is 43.3 Å². The summed E-state index contributed by atoms with van der Waals surface area (Å²) >= 11 is 0. The summed E-state index contributed by atoms with van der Waals surface area (Å²) in [5.41, 5.74) is 2.55. The van der Waals surface area contributed by atoms with Gasteiger partial charge in [-0.15, -0.1) is 0 Å². The van der Waals surface area contributed by atoms with E-state index in [4.69, 9.17) is 15.0 Å². The van der Waals surface area contributed by atoms with Gasteiger partial charge >= 0.3 is 0 Å². The standard InChI is InChI=1S/C28H30N4O9/c1-11(2)26-30-27(41-31-26)13-3-4-16(33)18-14(13)9-12-10-15-20(32-5-7-40-8-6-32)22(35)19(25(29)38)24(37)28(15,39)23(36)17(12)21(18)34/h3-4,11-12,15,20,33-34,37,39H,5-10H2,1-2H3,(H2,29,38)/t12-,15-,20+,28-/m0/s1. The Morgan fingerprint density at radius 1 is 1.17 bits per heavy atom. The number of hydrogen-bond donors (Lipinski definition) is 5. The van der Waals surface area contributed by atoms with Crippen molar-refractivity contribution < 1.29 is 44.1 Å². The van der Waals surface area contributed by atoms with Gasteiger partial charge in [0, 0.05) is 36.1 Å². The Morgan fingerprint density at radius 3 is 2.51 bits per heavy atom. The number of aliphatic hydroxyl groups excluding tert-OH is 2. The van der Waals surface area contributed by atoms with Gasteiger partial charge in [0.15, 0.2) is 17.2 Å². The summed E-state index contributed by atoms with van der Waals surface area (Å²) in [7, 11) is 0. The zero-order chi connectivity index (χ0) is 29.4. The van der Waals surface area contributed by atoms with Crippen molar-refractivity contribution in [3.05, 3.63) is 46.0 Å². The smallest absolute Gasteiger partial charge is 0.258 e. The van der Waals surface area contributed by atoms with Crippen molar-refractivity contribution in [3.63, 3.8) is 0 Å². The average molecular weight is 567 g/mol. The molecule has 0 unspecified atom stereocenters. The molecule has 0 radical (unpaired) electrons. The van der Waals surface area contributed by atoms with Crippen LogP contribution in [-0.2, 0) is 25.5 Å². The van der Waals surface area contributed by atoms with Crippen LogP contribution in [0.15, 0.2) is 33.6 Å². The average Bonchev–Trinajstić information content (AvgIpc) is 3.42. The van der Waals surface area contributed by atoms with Gasteiger partial charge in [0.2, 0.25) is 5.78 Å². The van der Waals surface area contributed by atoms with Gasteiger partial charge in [-0.1, -0.05) is 19.0 Å². The Balaban J connectivity index is 1.52. The molecular formula is C28H30N4O9. The maximum atomic E-state index is 14.1. The highest BCUT2D eigenvalue weighted by molar-refractivity contribution is 6.24. The van der Waals surface area contributed by atoms with Crippen LogP contribution in [-0.4, -0.2) is 90.9 Å². The maximum Gasteiger partial charge on any atom is 0.258 e. The molecule has 6 N–H and O–H groups in total. The second-order valence-electron chi connectivity index (χ2n) is 11.2. The second-order valence-corrected chi connectivity index (χ2v) is 11.2. The fourth-order valence-corrected chi connectivity index (χ4v) is 6.70. The summed E-state index contributed by atoms with van der Waals surface area (Å²) in [5, 5.41) is 49.2. The number of ketones is 2. The normalized spacial score (nSPS) is 28.5. The second kappa shape index (κ2) is 9.50. The molecule has 1 saturated heterocycles. The van der Waals surface area contributed by atoms with Crippen molar-refractivity contribution in [2.24, 2.45) is 17.6 Å². The van der Waals surface area contributed by atoms with E-state index in [-0.39, 0.29) is 41.5 Å². The topological polar surface area (TPSA) is 210 Å². The van der Waals surface area contributed by atoms with Crippen LogP contribution in [0.1, 0.15) is 43.1 Å². The molecule has 3 aliphatic carbocycles. The molecule has 2 fully saturated rings. The lowest BCUT2D eigenvalue weighted by Gasteiger charge is -2.51. The minimum atomic E-state index is -2.70. The van der Waals surface area contributed by atoms with Crippen molar-refractivity contribution in [1.82, 2.24) is 15.0 Å². The lowest BCUT2D eigenvalue weighted by Crippen LogP contribution is -2.67. The van der Waals surface area contributed by atoms with Crippen LogP contribution in [0.3, 0.4) is 0 Å². The lowest BCUT2D eigenvalue weighted by atomic mass is 9.57. The number of nitrogens with zero attached hydrogens (tertiary/aromatic N) is 3. The number of benzene rings is 1. The number of nitrogens with two attached hydrogens (primary N) is 1. The summed E-state index contributed by atoms with van der Waals surface area (Å²) in [4.78, 5) is 46.2. The lowest BCUT2D eigenvalue weighted by molar-refractivity contribution is -0.157. The first-order valence-corrected chi connectivity index (χ1v) is 13.5. The van der Waals surface area contributed by atoms with Gasteiger partial charge in [0.25, 0.3) is 11.8 Å². The predicted octanol–water partition coefficient (Wildman–Crippen LogP) is 0.908. The summed E-state index contributed by atoms with van der Waals surface area (Å²) in [5.74, 6) is -6.39. The molecule has 4 aliphatic rings. The van der Waals surface area contributed by atoms with Crippen molar-refractivity contribution >= 4 is 23.2 Å². The third-order valence-electron chi connectivity index (χ3n) is 8.68. The molecule has 13 heteroatoms. The number of hydrogen-bond acceptors (Lipinski definition) is 12. The van der Waals surface area contributed by atoms with Gasteiger partial charge < -0.3 is 35.4 Å². The third kappa shape index (κ3) is 3.83. The number of rotatable bonds is 4. The van der Waals surface area contributed by atoms with E-state index in [1.54, 1.807) is 11.0 Å². The Morgan fingerprint density at radius 2 is 1.88 bits per heavy atom. The number of aromatic hydroxyl groups is 1. The van der Waals surface area contributed by atoms with Crippen LogP contribution < -0.4 is 5.73 Å². The van der Waals surface area contributed by atoms with E-state index in [9.17, 15) is 34.8 Å². The molecule has 1 amide bonds. The summed E-state index contributed by atoms with van der Waals surface area (Å²) in [6.45, 7) is 4.97. The fraction of sp³-hybridized carbons (Fsp3) is 0.464. The van der Waals surface area contributed by atoms with Crippen LogP contribution in [0.5, 0.6) is 5.75 Å². The monoisotopic (exact) mass is 566 g/mol. The minimum Gasteiger partial charge on any atom is -0.508 e. The molecule has 2 heterocycles. The van der Waals surface area contributed by atoms with Crippen molar-refractivity contribution in [3.8, 4) is 17.2 Å². The Labute approximate surface area is 233 Å². The Hall–Kier alpha value is -4.07. The zero-order valence-electron chi connectivity index (χ0n) is 22.5. The molecule has 2 aromatic rings. The number of primary amides is 1. The zero-order valence-corrected chi connectivity index (χ0v) is 22.5. The molecule has 0 spiro atoms. The summed E-state index contributed by atoms with van der Waals surface area (Å²) < 4.78 is 10.9. The van der Waals surface area contributed by atoms with Crippen LogP contribution in [0, 0.1) is 11.8 Å². The molecule has 13 nitrogen and oxygen atoms in total. The molecule has 1 aromatic heterocycles. The van der Waals surface area contributed by atoms with Gasteiger partial charge in [0.1, 0.15) is 22.8 Å². The van der Waals surface area contributed by atoms with Crippen LogP contribution in [0.2, 0.25) is 0 Å². The Bertz CT molecular complexity index is 1550. The highest BCUT2D eigenvalue weighted by Crippen LogP contribution is 2.53. The predicted molar refractivity (Wildman–Crippen MR) is 140 cm³/mol. The summed E-state index contributed by atoms with van der Waals surface area (Å²) in [6.07, 6.45) is 0.106. The number of ether oxygens (including phenoxy) is 1. The molecule has 0 bridgehead atoms. The maximum absolute atomic E-state index is 14.1. The fourth-order valence-electron chi connectivity index (χ4n) is 6.70. The van der Waals surface area contributed by atoms with E-state index < -0.39 is 58.0 Å². The number of carbonyl (C=O) groups is 3. The molecule has 1 aromatic carbocycles. The van der Waals surface area contributed by atoms with E-state index in [0.717, 1.165) is 0 Å². The largest absolute Gasteiger partial charge is 0.508 e. The molecular weight excluding hydrogens is 536 g/mol. The van der Waals surface area contributed by atoms with Gasteiger partial charge in [-0.2, -0.15) is 4.98 Å². The number of fused-ring (bicyclic) bond motifs is 3. The van der Waals surface area contributed by atoms with Gasteiger partial charge in [-0.05, 0) is 36.5 Å². The van der Waals surface area contributed by atoms with Crippen molar-refractivity contribution in [1.29, 1.82) is 0 Å². The number of aromatic nitrogens is 2. The molecule has 4 atom stereocenters. The first-order valence-electron chi connectivity index (χ1n) is 13.5. The number of aliphatic hydroxyl groups is 3. The number of carbonyl (C=O) groups excluding carboxylic acids is 3. The molecule has 1 saturated carbocycles. The number of phenols is 1. The molecule has 6 rings (SSSR count). The SMILES string of the molecule is CC(C)c1noc(-c2ccc(O)c3c2C[C@H]2C[C@H]4[C@@H](N5CCOCC5)C(=O)C(C(N)=O)=C(O)[C@@]4(O)C(=O)C2=C3O)n1. The summed E-state index contributed by atoms with van der Waals surface area (Å²) in [6, 6.07) is 1.76. The van der Waals surface area contributed by atoms with Crippen LogP contribution in [0.4, 0.5) is 0 Å². The van der Waals surface area contributed by atoms with Crippen LogP contribution in [0.25, 0.3) is 17.2 Å². The van der Waals surface area contributed by atoms with Gasteiger partial charge in [-0.25, -0.2) is 0 Å². The first kappa shape index (κ1) is 27.1. The van der Waals surface area contributed by atoms with E-state index in [1.165, 1.54) is 6.07 Å². The van der Waals surface area contributed by atoms with E-state index in [2.05, 4.69) is 10.1 Å². The van der Waals surface area contributed by atoms with Gasteiger partial charge in [-0.3, -0.25) is 19.3 Å². The number of morpholine rings is 1. The highest BCUT2D eigenvalue weighted by Gasteiger charge is 2.64. The third-order valence-corrected chi connectivity index (χ3v) is 8.68. The van der Waals surface area contributed by atoms with Gasteiger partial charge in [0.05, 0.1) is 24.8 Å². The number of Topliss-reactive ketones (excluding diaryl/α,β-unsaturated/α-hetero) is 2. The van der Waals surface area contributed by atoms with E-state index in [1.807, 2.05) is 13.8 Å².